The highest BCUT2D eigenvalue weighted by Gasteiger charge is 2.09. The lowest BCUT2D eigenvalue weighted by molar-refractivity contribution is -0.139. The van der Waals surface area contributed by atoms with Gasteiger partial charge in [-0.3, -0.25) is 13.6 Å². The molecule has 0 bridgehead atoms. The number of aryl methyl sites for hydroxylation is 1. The number of esters is 1. The van der Waals surface area contributed by atoms with Gasteiger partial charge in [-0.25, -0.2) is 14.8 Å². The van der Waals surface area contributed by atoms with Crippen LogP contribution in [0.5, 0.6) is 0 Å². The lowest BCUT2D eigenvalue weighted by Crippen LogP contribution is -2.18. The first kappa shape index (κ1) is 17.9. The number of aromatic nitrogens is 4. The maximum atomic E-state index is 12.3. The molecular weight excluding hydrogens is 380 g/mol. The third-order valence-electron chi connectivity index (χ3n) is 4.19. The molecule has 28 heavy (non-hydrogen) atoms. The highest BCUT2D eigenvalue weighted by molar-refractivity contribution is 6.31. The average Bonchev–Trinajstić information content (AvgIpc) is 2.99. The zero-order valence-corrected chi connectivity index (χ0v) is 15.6. The largest absolute Gasteiger partial charge is 0.456 e. The third-order valence-corrected chi connectivity index (χ3v) is 4.47. The molecule has 7 nitrogen and oxygen atoms in total. The van der Waals surface area contributed by atoms with E-state index in [1.54, 1.807) is 16.7 Å². The quantitative estimate of drug-likeness (QED) is 0.392. The van der Waals surface area contributed by atoms with Crippen molar-refractivity contribution in [3.8, 4) is 0 Å². The van der Waals surface area contributed by atoms with Gasteiger partial charge in [0.25, 0.3) is 5.56 Å². The summed E-state index contributed by atoms with van der Waals surface area (Å²) in [6, 6.07) is 12.2. The van der Waals surface area contributed by atoms with Gasteiger partial charge in [0.15, 0.2) is 5.15 Å². The lowest BCUT2D eigenvalue weighted by Gasteiger charge is -2.06. The molecule has 4 aromatic heterocycles. The van der Waals surface area contributed by atoms with Gasteiger partial charge >= 0.3 is 5.97 Å². The fraction of sp³-hybridized carbons (Fsp3) is 0.100. The van der Waals surface area contributed by atoms with Crippen LogP contribution in [0.4, 0.5) is 0 Å². The number of rotatable bonds is 4. The lowest BCUT2D eigenvalue weighted by atomic mass is 10.3. The maximum absolute atomic E-state index is 12.3. The van der Waals surface area contributed by atoms with E-state index in [4.69, 9.17) is 16.3 Å². The van der Waals surface area contributed by atoms with E-state index in [2.05, 4.69) is 9.97 Å². The molecule has 4 heterocycles. The molecular formula is C20H15ClN4O3. The van der Waals surface area contributed by atoms with E-state index in [1.807, 2.05) is 37.3 Å². The molecule has 0 amide bonds. The molecule has 8 heteroatoms. The van der Waals surface area contributed by atoms with E-state index >= 15 is 0 Å². The van der Waals surface area contributed by atoms with Crippen molar-refractivity contribution in [1.82, 2.24) is 18.8 Å². The Morgan fingerprint density at radius 2 is 2.00 bits per heavy atom. The molecule has 0 saturated carbocycles. The molecule has 0 aliphatic rings. The number of carbonyl (C=O) groups excluding carboxylic acids is 1. The van der Waals surface area contributed by atoms with Gasteiger partial charge < -0.3 is 4.74 Å². The number of carbonyl (C=O) groups is 1. The summed E-state index contributed by atoms with van der Waals surface area (Å²) >= 11 is 6.13. The minimum absolute atomic E-state index is 0.107. The van der Waals surface area contributed by atoms with Crippen LogP contribution in [0.3, 0.4) is 0 Å². The molecule has 0 aromatic carbocycles. The Balaban J connectivity index is 1.50. The smallest absolute Gasteiger partial charge is 0.331 e. The first-order valence-corrected chi connectivity index (χ1v) is 8.86. The van der Waals surface area contributed by atoms with E-state index < -0.39 is 5.97 Å². The van der Waals surface area contributed by atoms with Crippen molar-refractivity contribution in [2.45, 2.75) is 13.5 Å². The number of ether oxygens (including phenoxy) is 1. The zero-order chi connectivity index (χ0) is 19.7. The highest BCUT2D eigenvalue weighted by atomic mass is 35.5. The molecule has 0 fully saturated rings. The number of pyridine rings is 2. The molecule has 4 rings (SSSR count). The minimum Gasteiger partial charge on any atom is -0.456 e. The van der Waals surface area contributed by atoms with Gasteiger partial charge in [0.05, 0.1) is 11.4 Å². The van der Waals surface area contributed by atoms with Crippen molar-refractivity contribution in [1.29, 1.82) is 0 Å². The minimum atomic E-state index is -0.576. The van der Waals surface area contributed by atoms with Gasteiger partial charge in [0, 0.05) is 24.0 Å². The van der Waals surface area contributed by atoms with Gasteiger partial charge in [-0.2, -0.15) is 0 Å². The Morgan fingerprint density at radius 3 is 2.86 bits per heavy atom. The van der Waals surface area contributed by atoms with Crippen molar-refractivity contribution in [2.24, 2.45) is 0 Å². The molecule has 0 atom stereocenters. The number of fused-ring (bicyclic) bond motifs is 2. The van der Waals surface area contributed by atoms with Crippen LogP contribution in [0.15, 0.2) is 59.5 Å². The second-order valence-corrected chi connectivity index (χ2v) is 6.46. The fourth-order valence-electron chi connectivity index (χ4n) is 2.91. The van der Waals surface area contributed by atoms with Gasteiger partial charge in [0.1, 0.15) is 17.9 Å². The average molecular weight is 395 g/mol. The molecule has 4 aromatic rings. The summed E-state index contributed by atoms with van der Waals surface area (Å²) in [5.41, 5.74) is 2.70. The van der Waals surface area contributed by atoms with Crippen molar-refractivity contribution >= 4 is 34.9 Å². The Bertz CT molecular complexity index is 1290. The Morgan fingerprint density at radius 1 is 1.18 bits per heavy atom. The first-order valence-electron chi connectivity index (χ1n) is 8.48. The number of halogens is 1. The molecule has 0 saturated heterocycles. The summed E-state index contributed by atoms with van der Waals surface area (Å²) in [7, 11) is 0. The Hall–Kier alpha value is -3.45. The fourth-order valence-corrected chi connectivity index (χ4v) is 3.15. The van der Waals surface area contributed by atoms with E-state index in [-0.39, 0.29) is 17.3 Å². The molecule has 140 valence electrons. The molecule has 0 unspecified atom stereocenters. The summed E-state index contributed by atoms with van der Waals surface area (Å²) in [6.45, 7) is 1.72. The second-order valence-electron chi connectivity index (χ2n) is 6.10. The number of hydrogen-bond acceptors (Lipinski definition) is 5. The van der Waals surface area contributed by atoms with E-state index in [1.165, 1.54) is 22.6 Å². The maximum Gasteiger partial charge on any atom is 0.331 e. The number of imidazole rings is 1. The second kappa shape index (κ2) is 7.28. The standard InChI is InChI=1S/C20H15ClN4O3/c1-13-5-4-7-17-22-14(11-18(26)25(13)17)12-28-19(27)9-8-15-20(21)23-16-6-2-3-10-24(15)16/h2-11H,12H2,1H3/b9-8+. The van der Waals surface area contributed by atoms with Crippen LogP contribution >= 0.6 is 11.6 Å². The molecule has 0 spiro atoms. The number of hydrogen-bond donors (Lipinski definition) is 0. The van der Waals surface area contributed by atoms with E-state index in [0.29, 0.717) is 22.7 Å². The summed E-state index contributed by atoms with van der Waals surface area (Å²) in [5, 5.41) is 0.287. The van der Waals surface area contributed by atoms with Crippen LogP contribution in [-0.4, -0.2) is 24.7 Å². The normalized spacial score (nSPS) is 11.5. The monoisotopic (exact) mass is 394 g/mol. The Kier molecular flexibility index (Phi) is 4.67. The van der Waals surface area contributed by atoms with Gasteiger partial charge in [-0.1, -0.05) is 23.7 Å². The van der Waals surface area contributed by atoms with Gasteiger partial charge in [0.2, 0.25) is 0 Å². The predicted octanol–water partition coefficient (Wildman–Crippen LogP) is 3.06. The van der Waals surface area contributed by atoms with Crippen LogP contribution < -0.4 is 5.56 Å². The third kappa shape index (κ3) is 3.39. The zero-order valence-electron chi connectivity index (χ0n) is 14.9. The molecule has 0 aliphatic heterocycles. The van der Waals surface area contributed by atoms with E-state index in [9.17, 15) is 9.59 Å². The van der Waals surface area contributed by atoms with Crippen LogP contribution in [0.25, 0.3) is 17.4 Å². The Labute approximate surface area is 164 Å². The van der Waals surface area contributed by atoms with Crippen molar-refractivity contribution in [3.05, 3.63) is 87.3 Å². The van der Waals surface area contributed by atoms with Crippen LogP contribution in [0, 0.1) is 6.92 Å². The summed E-state index contributed by atoms with van der Waals surface area (Å²) in [5.74, 6) is -0.576. The van der Waals surface area contributed by atoms with Gasteiger partial charge in [-0.05, 0) is 37.3 Å². The highest BCUT2D eigenvalue weighted by Crippen LogP contribution is 2.18. The summed E-state index contributed by atoms with van der Waals surface area (Å²) < 4.78 is 8.47. The predicted molar refractivity (Wildman–Crippen MR) is 105 cm³/mol. The van der Waals surface area contributed by atoms with Crippen LogP contribution in [-0.2, 0) is 16.1 Å². The van der Waals surface area contributed by atoms with E-state index in [0.717, 1.165) is 5.69 Å². The molecule has 0 N–H and O–H groups in total. The van der Waals surface area contributed by atoms with Crippen molar-refractivity contribution in [2.75, 3.05) is 0 Å². The number of nitrogens with zero attached hydrogens (tertiary/aromatic N) is 4. The van der Waals surface area contributed by atoms with Crippen molar-refractivity contribution in [3.63, 3.8) is 0 Å². The molecule has 0 radical (unpaired) electrons. The van der Waals surface area contributed by atoms with Crippen LogP contribution in [0.2, 0.25) is 5.15 Å². The van der Waals surface area contributed by atoms with Crippen LogP contribution in [0.1, 0.15) is 17.1 Å². The van der Waals surface area contributed by atoms with Gasteiger partial charge in [-0.15, -0.1) is 0 Å². The van der Waals surface area contributed by atoms with Crippen molar-refractivity contribution < 1.29 is 9.53 Å². The first-order chi connectivity index (χ1) is 13.5. The topological polar surface area (TPSA) is 78.0 Å². The summed E-state index contributed by atoms with van der Waals surface area (Å²) in [6.07, 6.45) is 4.60. The summed E-state index contributed by atoms with van der Waals surface area (Å²) in [4.78, 5) is 32.9. The molecule has 0 aliphatic carbocycles. The SMILES string of the molecule is Cc1cccc2nc(COC(=O)/C=C/c3c(Cl)nc4ccccn34)cc(=O)n12.